The third-order valence-corrected chi connectivity index (χ3v) is 6.64. The van der Waals surface area contributed by atoms with Crippen LogP contribution < -0.4 is 0 Å². The van der Waals surface area contributed by atoms with Crippen LogP contribution in [0.3, 0.4) is 0 Å². The van der Waals surface area contributed by atoms with Crippen molar-refractivity contribution in [1.29, 1.82) is 0 Å². The van der Waals surface area contributed by atoms with Crippen LogP contribution in [0.5, 0.6) is 0 Å². The van der Waals surface area contributed by atoms with Crippen molar-refractivity contribution in [2.24, 2.45) is 0 Å². The zero-order valence-corrected chi connectivity index (χ0v) is 15.4. The minimum atomic E-state index is -3.97. The average molecular weight is 372 g/mol. The lowest BCUT2D eigenvalue weighted by Crippen LogP contribution is -2.37. The van der Waals surface area contributed by atoms with E-state index in [9.17, 15) is 13.2 Å². The monoisotopic (exact) mass is 372 g/mol. The SMILES string of the molecule is C=C[C@@H]1O[C@@]1([C@H](OC(C)=O)c1ccccc1)S(=O)(=O)c1ccc(C)cc1. The summed E-state index contributed by atoms with van der Waals surface area (Å²) in [5, 5.41) is 0. The standard InChI is InChI=1S/C20H20O5S/c1-4-18-20(25-18,26(22,23)17-12-10-14(2)11-13-17)19(24-15(3)21)16-8-6-5-7-9-16/h4-13,18-19H,1H2,2-3H3/t18-,19+,20+/m0/s1. The van der Waals surface area contributed by atoms with E-state index in [0.717, 1.165) is 5.56 Å². The largest absolute Gasteiger partial charge is 0.453 e. The van der Waals surface area contributed by atoms with Gasteiger partial charge >= 0.3 is 5.97 Å². The van der Waals surface area contributed by atoms with Crippen LogP contribution in [0, 0.1) is 6.92 Å². The zero-order chi connectivity index (χ0) is 18.9. The van der Waals surface area contributed by atoms with Crippen molar-refractivity contribution in [3.8, 4) is 0 Å². The first kappa shape index (κ1) is 18.4. The van der Waals surface area contributed by atoms with Gasteiger partial charge in [0.15, 0.2) is 6.10 Å². The Kier molecular flexibility index (Phi) is 4.73. The van der Waals surface area contributed by atoms with Crippen LogP contribution in [0.15, 0.2) is 72.1 Å². The molecule has 0 N–H and O–H groups in total. The third kappa shape index (κ3) is 2.95. The second kappa shape index (κ2) is 6.70. The van der Waals surface area contributed by atoms with Gasteiger partial charge in [0.25, 0.3) is 0 Å². The summed E-state index contributed by atoms with van der Waals surface area (Å²) in [7, 11) is -3.97. The van der Waals surface area contributed by atoms with Crippen molar-refractivity contribution in [2.75, 3.05) is 0 Å². The highest BCUT2D eigenvalue weighted by atomic mass is 32.2. The summed E-state index contributed by atoms with van der Waals surface area (Å²) in [6.45, 7) is 6.78. The number of hydrogen-bond donors (Lipinski definition) is 0. The molecule has 5 nitrogen and oxygen atoms in total. The van der Waals surface area contributed by atoms with Gasteiger partial charge in [0.05, 0.1) is 4.90 Å². The van der Waals surface area contributed by atoms with Gasteiger partial charge in [-0.05, 0) is 24.6 Å². The maximum Gasteiger partial charge on any atom is 0.303 e. The molecule has 3 atom stereocenters. The molecule has 0 saturated carbocycles. The molecule has 136 valence electrons. The summed E-state index contributed by atoms with van der Waals surface area (Å²) in [4.78, 5) is 10.1. The molecule has 0 aliphatic carbocycles. The molecule has 0 unspecified atom stereocenters. The summed E-state index contributed by atoms with van der Waals surface area (Å²) in [5.74, 6) is -0.587. The van der Waals surface area contributed by atoms with Gasteiger partial charge < -0.3 is 9.47 Å². The van der Waals surface area contributed by atoms with Gasteiger partial charge in [-0.3, -0.25) is 4.79 Å². The Balaban J connectivity index is 2.15. The summed E-state index contributed by atoms with van der Waals surface area (Å²) in [6, 6.07) is 15.2. The van der Waals surface area contributed by atoms with Crippen LogP contribution in [0.1, 0.15) is 24.2 Å². The molecule has 1 saturated heterocycles. The second-order valence-corrected chi connectivity index (χ2v) is 8.33. The second-order valence-electron chi connectivity index (χ2n) is 6.21. The first-order valence-corrected chi connectivity index (χ1v) is 9.65. The lowest BCUT2D eigenvalue weighted by atomic mass is 10.0. The van der Waals surface area contributed by atoms with Crippen molar-refractivity contribution in [2.45, 2.75) is 35.9 Å². The van der Waals surface area contributed by atoms with Gasteiger partial charge in [-0.15, -0.1) is 6.58 Å². The Morgan fingerprint density at radius 3 is 2.31 bits per heavy atom. The summed E-state index contributed by atoms with van der Waals surface area (Å²) >= 11 is 0. The lowest BCUT2D eigenvalue weighted by Gasteiger charge is -2.25. The van der Waals surface area contributed by atoms with Gasteiger partial charge in [0, 0.05) is 6.92 Å². The van der Waals surface area contributed by atoms with Crippen LogP contribution in [-0.2, 0) is 24.1 Å². The Labute approximate surface area is 153 Å². The van der Waals surface area contributed by atoms with E-state index in [4.69, 9.17) is 9.47 Å². The van der Waals surface area contributed by atoms with Crippen molar-refractivity contribution >= 4 is 15.8 Å². The first-order valence-electron chi connectivity index (χ1n) is 8.17. The third-order valence-electron chi connectivity index (χ3n) is 4.37. The molecule has 0 amide bonds. The molecule has 0 aromatic heterocycles. The molecule has 26 heavy (non-hydrogen) atoms. The first-order chi connectivity index (χ1) is 12.3. The molecule has 1 aliphatic rings. The van der Waals surface area contributed by atoms with Gasteiger partial charge in [-0.1, -0.05) is 54.1 Å². The molecule has 1 heterocycles. The molecule has 0 spiro atoms. The van der Waals surface area contributed by atoms with Gasteiger partial charge in [-0.25, -0.2) is 8.42 Å². The van der Waals surface area contributed by atoms with Crippen molar-refractivity contribution in [3.05, 3.63) is 78.4 Å². The van der Waals surface area contributed by atoms with E-state index in [1.165, 1.54) is 25.1 Å². The topological polar surface area (TPSA) is 73.0 Å². The smallest absolute Gasteiger partial charge is 0.303 e. The Bertz CT molecular complexity index is 918. The summed E-state index contributed by atoms with van der Waals surface area (Å²) in [5.41, 5.74) is 1.48. The lowest BCUT2D eigenvalue weighted by molar-refractivity contribution is -0.148. The number of ether oxygens (including phenoxy) is 2. The van der Waals surface area contributed by atoms with Crippen LogP contribution >= 0.6 is 0 Å². The highest BCUT2D eigenvalue weighted by molar-refractivity contribution is 7.93. The maximum atomic E-state index is 13.4. The minimum absolute atomic E-state index is 0.112. The van der Waals surface area contributed by atoms with E-state index >= 15 is 0 Å². The number of carbonyl (C=O) groups excluding carboxylic acids is 1. The van der Waals surface area contributed by atoms with Gasteiger partial charge in [0.1, 0.15) is 6.10 Å². The number of aryl methyl sites for hydroxylation is 1. The van der Waals surface area contributed by atoms with Crippen LogP contribution in [0.25, 0.3) is 0 Å². The highest BCUT2D eigenvalue weighted by Crippen LogP contribution is 2.55. The van der Waals surface area contributed by atoms with E-state index in [1.807, 2.05) is 6.92 Å². The fourth-order valence-electron chi connectivity index (χ4n) is 3.02. The van der Waals surface area contributed by atoms with E-state index in [-0.39, 0.29) is 4.90 Å². The van der Waals surface area contributed by atoms with Crippen molar-refractivity contribution in [3.63, 3.8) is 0 Å². The fraction of sp³-hybridized carbons (Fsp3) is 0.250. The van der Waals surface area contributed by atoms with Crippen molar-refractivity contribution in [1.82, 2.24) is 0 Å². The molecule has 6 heteroatoms. The molecule has 3 rings (SSSR count). The molecular formula is C20H20O5S. The molecule has 1 fully saturated rings. The van der Waals surface area contributed by atoms with Crippen molar-refractivity contribution < 1.29 is 22.7 Å². The van der Waals surface area contributed by atoms with Crippen LogP contribution in [0.4, 0.5) is 0 Å². The highest BCUT2D eigenvalue weighted by Gasteiger charge is 2.71. The maximum absolute atomic E-state index is 13.4. The Hall–Kier alpha value is -2.44. The number of carbonyl (C=O) groups is 1. The Morgan fingerprint density at radius 2 is 1.81 bits per heavy atom. The van der Waals surface area contributed by atoms with E-state index < -0.39 is 32.9 Å². The predicted octanol–water partition coefficient (Wildman–Crippen LogP) is 3.35. The predicted molar refractivity (Wildman–Crippen MR) is 97.1 cm³/mol. The minimum Gasteiger partial charge on any atom is -0.453 e. The molecule has 1 aliphatic heterocycles. The van der Waals surface area contributed by atoms with Crippen LogP contribution in [0.2, 0.25) is 0 Å². The summed E-state index contributed by atoms with van der Waals surface area (Å²) in [6.07, 6.45) is -0.459. The molecule has 0 radical (unpaired) electrons. The average Bonchev–Trinajstić information content (AvgIpc) is 3.37. The molecule has 2 aromatic carbocycles. The molecule has 2 aromatic rings. The van der Waals surface area contributed by atoms with Gasteiger partial charge in [0.2, 0.25) is 14.8 Å². The number of rotatable bonds is 6. The quantitative estimate of drug-likeness (QED) is 0.442. The Morgan fingerprint density at radius 1 is 1.19 bits per heavy atom. The number of hydrogen-bond acceptors (Lipinski definition) is 5. The number of benzene rings is 2. The summed E-state index contributed by atoms with van der Waals surface area (Å²) < 4.78 is 37.9. The number of epoxide rings is 1. The fourth-order valence-corrected chi connectivity index (χ4v) is 4.98. The van der Waals surface area contributed by atoms with E-state index in [0.29, 0.717) is 5.56 Å². The zero-order valence-electron chi connectivity index (χ0n) is 14.6. The van der Waals surface area contributed by atoms with E-state index in [2.05, 4.69) is 6.58 Å². The normalized spacial score (nSPS) is 23.1. The molecule has 0 bridgehead atoms. The number of esters is 1. The number of sulfone groups is 1. The van der Waals surface area contributed by atoms with Crippen LogP contribution in [-0.4, -0.2) is 25.4 Å². The van der Waals surface area contributed by atoms with Gasteiger partial charge in [-0.2, -0.15) is 0 Å². The molecular weight excluding hydrogens is 352 g/mol. The van der Waals surface area contributed by atoms with E-state index in [1.54, 1.807) is 42.5 Å².